The van der Waals surface area contributed by atoms with Gasteiger partial charge in [-0.1, -0.05) is 6.92 Å². The van der Waals surface area contributed by atoms with Crippen molar-refractivity contribution in [1.29, 1.82) is 0 Å². The first-order chi connectivity index (χ1) is 6.60. The van der Waals surface area contributed by atoms with E-state index in [1.54, 1.807) is 4.90 Å². The van der Waals surface area contributed by atoms with Gasteiger partial charge < -0.3 is 16.4 Å². The molecule has 0 aromatic heterocycles. The van der Waals surface area contributed by atoms with E-state index >= 15 is 0 Å². The molecule has 0 spiro atoms. The molecule has 0 aliphatic carbocycles. The van der Waals surface area contributed by atoms with Crippen LogP contribution in [0.5, 0.6) is 0 Å². The molecule has 1 unspecified atom stereocenters. The fourth-order valence-electron chi connectivity index (χ4n) is 1.84. The molecule has 0 saturated carbocycles. The van der Waals surface area contributed by atoms with Crippen LogP contribution >= 0.6 is 0 Å². The van der Waals surface area contributed by atoms with E-state index in [1.165, 1.54) is 0 Å². The molecule has 0 aromatic carbocycles. The number of hydrogen-bond donors (Lipinski definition) is 2. The molecule has 14 heavy (non-hydrogen) atoms. The van der Waals surface area contributed by atoms with Crippen LogP contribution in [0.25, 0.3) is 0 Å². The van der Waals surface area contributed by atoms with Gasteiger partial charge in [-0.2, -0.15) is 0 Å². The zero-order valence-corrected chi connectivity index (χ0v) is 8.40. The van der Waals surface area contributed by atoms with Crippen molar-refractivity contribution in [2.24, 2.45) is 17.4 Å². The molecule has 1 saturated heterocycles. The van der Waals surface area contributed by atoms with E-state index < -0.39 is 11.9 Å². The molecule has 2 amide bonds. The van der Waals surface area contributed by atoms with Crippen molar-refractivity contribution in [3.63, 3.8) is 0 Å². The second kappa shape index (κ2) is 4.41. The number of carbonyl (C=O) groups is 2. The van der Waals surface area contributed by atoms with Gasteiger partial charge in [-0.3, -0.25) is 9.59 Å². The van der Waals surface area contributed by atoms with Crippen LogP contribution in [0.4, 0.5) is 0 Å². The van der Waals surface area contributed by atoms with E-state index in [0.717, 1.165) is 0 Å². The number of nitrogens with two attached hydrogens (primary N) is 2. The second-order valence-corrected chi connectivity index (χ2v) is 3.68. The summed E-state index contributed by atoms with van der Waals surface area (Å²) < 4.78 is 0. The molecular weight excluding hydrogens is 182 g/mol. The minimum absolute atomic E-state index is 0.00824. The Labute approximate surface area is 83.4 Å². The maximum atomic E-state index is 11.5. The summed E-state index contributed by atoms with van der Waals surface area (Å²) in [7, 11) is 0. The minimum atomic E-state index is -0.459. The molecule has 5 heteroatoms. The van der Waals surface area contributed by atoms with Crippen molar-refractivity contribution in [3.8, 4) is 0 Å². The van der Waals surface area contributed by atoms with Crippen LogP contribution in [0.2, 0.25) is 0 Å². The zero-order chi connectivity index (χ0) is 10.7. The summed E-state index contributed by atoms with van der Waals surface area (Å²) in [5.74, 6) is -0.263. The lowest BCUT2D eigenvalue weighted by Crippen LogP contribution is -2.45. The lowest BCUT2D eigenvalue weighted by Gasteiger charge is -2.24. The molecule has 0 aromatic rings. The molecule has 1 aliphatic rings. The number of rotatable bonds is 4. The zero-order valence-electron chi connectivity index (χ0n) is 8.40. The van der Waals surface area contributed by atoms with Gasteiger partial charge in [0, 0.05) is 13.0 Å². The SMILES string of the molecule is CC[C@@H](C(N)=O)N1CC(CN)CC1=O. The maximum Gasteiger partial charge on any atom is 0.240 e. The highest BCUT2D eigenvalue weighted by atomic mass is 16.2. The van der Waals surface area contributed by atoms with Gasteiger partial charge >= 0.3 is 0 Å². The molecule has 0 bridgehead atoms. The Morgan fingerprint density at radius 3 is 2.71 bits per heavy atom. The number of carbonyl (C=O) groups excluding carboxylic acids is 2. The lowest BCUT2D eigenvalue weighted by molar-refractivity contribution is -0.136. The fourth-order valence-corrected chi connectivity index (χ4v) is 1.84. The van der Waals surface area contributed by atoms with Gasteiger partial charge in [0.05, 0.1) is 0 Å². The highest BCUT2D eigenvalue weighted by molar-refractivity contribution is 5.87. The van der Waals surface area contributed by atoms with Gasteiger partial charge in [-0.15, -0.1) is 0 Å². The van der Waals surface area contributed by atoms with Crippen LogP contribution < -0.4 is 11.5 Å². The van der Waals surface area contributed by atoms with Crippen molar-refractivity contribution in [2.45, 2.75) is 25.8 Å². The van der Waals surface area contributed by atoms with Crippen LogP contribution in [0, 0.1) is 5.92 Å². The topological polar surface area (TPSA) is 89.4 Å². The van der Waals surface area contributed by atoms with E-state index in [2.05, 4.69) is 0 Å². The summed E-state index contributed by atoms with van der Waals surface area (Å²) in [6, 6.07) is -0.459. The van der Waals surface area contributed by atoms with Crippen LogP contribution in [0.15, 0.2) is 0 Å². The van der Waals surface area contributed by atoms with Crippen molar-refractivity contribution in [2.75, 3.05) is 13.1 Å². The second-order valence-electron chi connectivity index (χ2n) is 3.68. The number of likely N-dealkylation sites (tertiary alicyclic amines) is 1. The molecule has 1 rings (SSSR count). The van der Waals surface area contributed by atoms with E-state index in [4.69, 9.17) is 11.5 Å². The Balaban J connectivity index is 2.68. The van der Waals surface area contributed by atoms with Gasteiger partial charge in [0.25, 0.3) is 0 Å². The predicted octanol–water partition coefficient (Wildman–Crippen LogP) is -0.942. The Hall–Kier alpha value is -1.10. The monoisotopic (exact) mass is 199 g/mol. The first-order valence-corrected chi connectivity index (χ1v) is 4.89. The average Bonchev–Trinajstić information content (AvgIpc) is 2.48. The summed E-state index contributed by atoms with van der Waals surface area (Å²) in [4.78, 5) is 24.1. The Bertz CT molecular complexity index is 242. The van der Waals surface area contributed by atoms with E-state index in [1.807, 2.05) is 6.92 Å². The van der Waals surface area contributed by atoms with Gasteiger partial charge in [0.15, 0.2) is 0 Å². The fraction of sp³-hybridized carbons (Fsp3) is 0.778. The lowest BCUT2D eigenvalue weighted by atomic mass is 10.1. The summed E-state index contributed by atoms with van der Waals surface area (Å²) in [6.45, 7) is 2.90. The summed E-state index contributed by atoms with van der Waals surface area (Å²) >= 11 is 0. The maximum absolute atomic E-state index is 11.5. The number of nitrogens with zero attached hydrogens (tertiary/aromatic N) is 1. The van der Waals surface area contributed by atoms with Crippen molar-refractivity contribution >= 4 is 11.8 Å². The predicted molar refractivity (Wildman–Crippen MR) is 52.1 cm³/mol. The van der Waals surface area contributed by atoms with Crippen molar-refractivity contribution < 1.29 is 9.59 Å². The highest BCUT2D eigenvalue weighted by Gasteiger charge is 2.35. The normalized spacial score (nSPS) is 24.0. The summed E-state index contributed by atoms with van der Waals surface area (Å²) in [6.07, 6.45) is 1.01. The summed E-state index contributed by atoms with van der Waals surface area (Å²) in [5, 5.41) is 0. The first-order valence-electron chi connectivity index (χ1n) is 4.89. The smallest absolute Gasteiger partial charge is 0.240 e. The van der Waals surface area contributed by atoms with Crippen molar-refractivity contribution in [1.82, 2.24) is 4.90 Å². The third-order valence-corrected chi connectivity index (χ3v) is 2.66. The molecule has 1 aliphatic heterocycles. The van der Waals surface area contributed by atoms with Crippen LogP contribution in [-0.4, -0.2) is 35.8 Å². The quantitative estimate of drug-likeness (QED) is 0.612. The van der Waals surface area contributed by atoms with Gasteiger partial charge in [-0.05, 0) is 18.9 Å². The molecular formula is C9H17N3O2. The molecule has 5 nitrogen and oxygen atoms in total. The molecule has 2 atom stereocenters. The molecule has 4 N–H and O–H groups in total. The minimum Gasteiger partial charge on any atom is -0.368 e. The average molecular weight is 199 g/mol. The molecule has 0 radical (unpaired) electrons. The van der Waals surface area contributed by atoms with E-state index in [0.29, 0.717) is 25.9 Å². The Morgan fingerprint density at radius 2 is 2.36 bits per heavy atom. The Morgan fingerprint density at radius 1 is 1.71 bits per heavy atom. The van der Waals surface area contributed by atoms with E-state index in [9.17, 15) is 9.59 Å². The molecule has 80 valence electrons. The van der Waals surface area contributed by atoms with E-state index in [-0.39, 0.29) is 11.8 Å². The molecule has 1 fully saturated rings. The van der Waals surface area contributed by atoms with Crippen LogP contribution in [0.3, 0.4) is 0 Å². The third kappa shape index (κ3) is 2.04. The summed E-state index contributed by atoms with van der Waals surface area (Å²) in [5.41, 5.74) is 10.7. The number of amides is 2. The number of hydrogen-bond acceptors (Lipinski definition) is 3. The van der Waals surface area contributed by atoms with Gasteiger partial charge in [0.1, 0.15) is 6.04 Å². The molecule has 1 heterocycles. The van der Waals surface area contributed by atoms with Gasteiger partial charge in [0.2, 0.25) is 11.8 Å². The largest absolute Gasteiger partial charge is 0.368 e. The Kier molecular flexibility index (Phi) is 3.46. The first kappa shape index (κ1) is 11.0. The third-order valence-electron chi connectivity index (χ3n) is 2.66. The van der Waals surface area contributed by atoms with Crippen LogP contribution in [0.1, 0.15) is 19.8 Å². The van der Waals surface area contributed by atoms with Crippen molar-refractivity contribution in [3.05, 3.63) is 0 Å². The van der Waals surface area contributed by atoms with Gasteiger partial charge in [-0.25, -0.2) is 0 Å². The van der Waals surface area contributed by atoms with Crippen LogP contribution in [-0.2, 0) is 9.59 Å². The number of primary amides is 1. The highest BCUT2D eigenvalue weighted by Crippen LogP contribution is 2.20. The standard InChI is InChI=1S/C9H17N3O2/c1-2-7(9(11)14)12-5-6(4-10)3-8(12)13/h6-7H,2-5,10H2,1H3,(H2,11,14)/t6?,7-/m0/s1.